The second-order valence-corrected chi connectivity index (χ2v) is 8.96. The number of fused-ring (bicyclic) bond motifs is 1. The summed E-state index contributed by atoms with van der Waals surface area (Å²) in [5.74, 6) is 3.97. The van der Waals surface area contributed by atoms with E-state index in [9.17, 15) is 18.0 Å². The molecule has 0 saturated heterocycles. The molecule has 1 aliphatic rings. The van der Waals surface area contributed by atoms with Crippen molar-refractivity contribution in [3.63, 3.8) is 0 Å². The number of ether oxygens (including phenoxy) is 1. The third-order valence-electron chi connectivity index (χ3n) is 6.52. The Morgan fingerprint density at radius 1 is 1.00 bits per heavy atom. The molecule has 1 fully saturated rings. The van der Waals surface area contributed by atoms with E-state index in [0.717, 1.165) is 31.2 Å². The van der Waals surface area contributed by atoms with Crippen molar-refractivity contribution in [3.05, 3.63) is 89.3 Å². The smallest absolute Gasteiger partial charge is 0.346 e. The average Bonchev–Trinajstić information content (AvgIpc) is 2.86. The Labute approximate surface area is 203 Å². The molecule has 0 bridgehead atoms. The first-order valence-corrected chi connectivity index (χ1v) is 12.0. The van der Waals surface area contributed by atoms with Crippen LogP contribution in [0.4, 0.5) is 13.2 Å². The number of halogens is 3. The maximum atomic E-state index is 14.7. The van der Waals surface area contributed by atoms with Gasteiger partial charge in [-0.25, -0.2) is 18.0 Å². The van der Waals surface area contributed by atoms with Crippen molar-refractivity contribution in [1.29, 1.82) is 0 Å². The van der Waals surface area contributed by atoms with Gasteiger partial charge in [-0.3, -0.25) is 0 Å². The number of esters is 1. The molecule has 1 saturated carbocycles. The maximum Gasteiger partial charge on any atom is 0.346 e. The fourth-order valence-electron chi connectivity index (χ4n) is 4.51. The first kappa shape index (κ1) is 24.6. The number of rotatable bonds is 5. The van der Waals surface area contributed by atoms with E-state index in [4.69, 9.17) is 4.74 Å². The minimum Gasteiger partial charge on any atom is -0.423 e. The van der Waals surface area contributed by atoms with Crippen LogP contribution in [0.2, 0.25) is 0 Å². The van der Waals surface area contributed by atoms with Gasteiger partial charge >= 0.3 is 5.97 Å². The lowest BCUT2D eigenvalue weighted by molar-refractivity contribution is 0.0730. The van der Waals surface area contributed by atoms with Crippen molar-refractivity contribution < 1.29 is 22.7 Å². The molecule has 0 aliphatic heterocycles. The number of benzene rings is 3. The highest BCUT2D eigenvalue weighted by molar-refractivity contribution is 5.92. The Balaban J connectivity index is 1.38. The number of allylic oxidation sites excluding steroid dienone is 2. The van der Waals surface area contributed by atoms with Crippen LogP contribution < -0.4 is 4.74 Å². The summed E-state index contributed by atoms with van der Waals surface area (Å²) in [4.78, 5) is 12.5. The summed E-state index contributed by atoms with van der Waals surface area (Å²) in [6.07, 6.45) is 11.1. The van der Waals surface area contributed by atoms with E-state index in [1.807, 2.05) is 6.92 Å². The molecule has 0 heterocycles. The van der Waals surface area contributed by atoms with Crippen LogP contribution in [-0.4, -0.2) is 5.97 Å². The van der Waals surface area contributed by atoms with Gasteiger partial charge in [0.1, 0.15) is 11.6 Å². The Morgan fingerprint density at radius 2 is 1.80 bits per heavy atom. The summed E-state index contributed by atoms with van der Waals surface area (Å²) in [7, 11) is 0. The third kappa shape index (κ3) is 6.14. The Kier molecular flexibility index (Phi) is 7.92. The van der Waals surface area contributed by atoms with E-state index < -0.39 is 23.4 Å². The number of carbonyl (C=O) groups is 1. The van der Waals surface area contributed by atoms with Gasteiger partial charge in [0.05, 0.1) is 5.56 Å². The molecule has 2 nitrogen and oxygen atoms in total. The molecule has 0 aromatic heterocycles. The molecule has 0 amide bonds. The maximum absolute atomic E-state index is 14.7. The molecule has 3 aromatic rings. The quantitative estimate of drug-likeness (QED) is 0.161. The molecule has 5 heteroatoms. The summed E-state index contributed by atoms with van der Waals surface area (Å²) in [5.41, 5.74) is 0.292. The highest BCUT2D eigenvalue weighted by Gasteiger charge is 2.19. The predicted molar refractivity (Wildman–Crippen MR) is 132 cm³/mol. The molecular weight excluding hydrogens is 449 g/mol. The number of hydrogen-bond donors (Lipinski definition) is 0. The molecule has 1 aliphatic carbocycles. The van der Waals surface area contributed by atoms with Gasteiger partial charge in [-0.1, -0.05) is 30.1 Å². The summed E-state index contributed by atoms with van der Waals surface area (Å²) in [6, 6.07) is 10.7. The van der Waals surface area contributed by atoms with Gasteiger partial charge in [-0.2, -0.15) is 0 Å². The molecule has 180 valence electrons. The van der Waals surface area contributed by atoms with E-state index in [1.165, 1.54) is 55.7 Å². The Hall–Kier alpha value is -3.52. The Morgan fingerprint density at radius 3 is 2.54 bits per heavy atom. The van der Waals surface area contributed by atoms with Crippen molar-refractivity contribution in [2.24, 2.45) is 11.8 Å². The molecule has 3 aromatic carbocycles. The molecule has 35 heavy (non-hydrogen) atoms. The van der Waals surface area contributed by atoms with Crippen LogP contribution in [0.25, 0.3) is 10.8 Å². The van der Waals surface area contributed by atoms with Crippen molar-refractivity contribution in [2.75, 3.05) is 0 Å². The Bertz CT molecular complexity index is 1310. The predicted octanol–water partition coefficient (Wildman–Crippen LogP) is 7.99. The third-order valence-corrected chi connectivity index (χ3v) is 6.52. The minimum absolute atomic E-state index is 0.0704. The van der Waals surface area contributed by atoms with Crippen molar-refractivity contribution in [3.8, 4) is 17.6 Å². The van der Waals surface area contributed by atoms with Crippen molar-refractivity contribution in [2.45, 2.75) is 45.4 Å². The van der Waals surface area contributed by atoms with Gasteiger partial charge in [0.25, 0.3) is 0 Å². The minimum atomic E-state index is -0.972. The highest BCUT2D eigenvalue weighted by Crippen LogP contribution is 2.31. The molecule has 0 spiro atoms. The van der Waals surface area contributed by atoms with Gasteiger partial charge in [0, 0.05) is 16.9 Å². The zero-order valence-electron chi connectivity index (χ0n) is 19.6. The van der Waals surface area contributed by atoms with Crippen LogP contribution in [0.1, 0.15) is 61.4 Å². The second kappa shape index (κ2) is 11.3. The largest absolute Gasteiger partial charge is 0.423 e. The molecule has 4 rings (SSSR count). The first-order valence-electron chi connectivity index (χ1n) is 12.0. The van der Waals surface area contributed by atoms with Gasteiger partial charge in [-0.15, -0.1) is 0 Å². The highest BCUT2D eigenvalue weighted by atomic mass is 19.2. The van der Waals surface area contributed by atoms with E-state index in [-0.39, 0.29) is 16.7 Å². The zero-order chi connectivity index (χ0) is 24.8. The van der Waals surface area contributed by atoms with Gasteiger partial charge in [0.2, 0.25) is 0 Å². The molecule has 0 radical (unpaired) electrons. The van der Waals surface area contributed by atoms with Crippen LogP contribution in [0, 0.1) is 41.1 Å². The van der Waals surface area contributed by atoms with Gasteiger partial charge in [-0.05, 0) is 99.2 Å². The molecular formula is C30H27F3O2. The number of hydrogen-bond acceptors (Lipinski definition) is 2. The number of carbonyl (C=O) groups excluding carboxylic acids is 1. The lowest BCUT2D eigenvalue weighted by Crippen LogP contribution is -2.13. The van der Waals surface area contributed by atoms with Gasteiger partial charge < -0.3 is 4.74 Å². The van der Waals surface area contributed by atoms with Crippen LogP contribution in [0.5, 0.6) is 5.75 Å². The van der Waals surface area contributed by atoms with Crippen LogP contribution in [0.15, 0.2) is 60.7 Å². The van der Waals surface area contributed by atoms with Crippen molar-refractivity contribution >= 4 is 16.7 Å². The lowest BCUT2D eigenvalue weighted by Gasteiger charge is -2.25. The summed E-state index contributed by atoms with van der Waals surface area (Å²) >= 11 is 0. The van der Waals surface area contributed by atoms with Crippen molar-refractivity contribution in [1.82, 2.24) is 0 Å². The summed E-state index contributed by atoms with van der Waals surface area (Å²) < 4.78 is 47.1. The van der Waals surface area contributed by atoms with Crippen LogP contribution in [0.3, 0.4) is 0 Å². The first-order chi connectivity index (χ1) is 16.9. The molecule has 0 unspecified atom stereocenters. The average molecular weight is 477 g/mol. The summed E-state index contributed by atoms with van der Waals surface area (Å²) in [5, 5.41) is 0.438. The molecule has 0 atom stereocenters. The van der Waals surface area contributed by atoms with E-state index in [0.29, 0.717) is 16.9 Å². The van der Waals surface area contributed by atoms with Crippen LogP contribution >= 0.6 is 0 Å². The van der Waals surface area contributed by atoms with Crippen LogP contribution in [-0.2, 0) is 0 Å². The summed E-state index contributed by atoms with van der Waals surface area (Å²) in [6.45, 7) is 2.04. The standard InChI is InChI=1S/C30H27F3O2/c1-2-3-4-5-20-6-8-21(9-7-20)10-11-22-12-15-26(28(32)18-22)30(34)35-24-14-16-25-23(19-24)13-17-27(31)29(25)33/h2-3,12-21H,4-9H2,1H3/b3-2+. The normalized spacial score (nSPS) is 17.8. The topological polar surface area (TPSA) is 26.3 Å². The fourth-order valence-corrected chi connectivity index (χ4v) is 4.51. The second-order valence-electron chi connectivity index (χ2n) is 8.96. The van der Waals surface area contributed by atoms with E-state index in [1.54, 1.807) is 6.07 Å². The fraction of sp³-hybridized carbons (Fsp3) is 0.300. The van der Waals surface area contributed by atoms with E-state index in [2.05, 4.69) is 24.0 Å². The SMILES string of the molecule is C/C=C/CCC1CCC(C#Cc2ccc(C(=O)Oc3ccc4c(F)c(F)ccc4c3)c(F)c2)CC1. The zero-order valence-corrected chi connectivity index (χ0v) is 19.6. The lowest BCUT2D eigenvalue weighted by atomic mass is 9.80. The molecule has 0 N–H and O–H groups in total. The monoisotopic (exact) mass is 476 g/mol. The van der Waals surface area contributed by atoms with Gasteiger partial charge in [0.15, 0.2) is 11.6 Å². The van der Waals surface area contributed by atoms with E-state index >= 15 is 0 Å².